The van der Waals surface area contributed by atoms with E-state index in [0.717, 1.165) is 47.7 Å². The van der Waals surface area contributed by atoms with Crippen LogP contribution in [0.3, 0.4) is 0 Å². The lowest BCUT2D eigenvalue weighted by Gasteiger charge is -2.31. The molecule has 0 saturated heterocycles. The van der Waals surface area contributed by atoms with Gasteiger partial charge in [0, 0.05) is 16.6 Å². The van der Waals surface area contributed by atoms with Crippen molar-refractivity contribution >= 4 is 52.0 Å². The number of hydrogen-bond acceptors (Lipinski definition) is 7. The minimum Gasteiger partial charge on any atom is -0.395 e. The molecule has 1 saturated carbocycles. The maximum atomic E-state index is 13.9. The van der Waals surface area contributed by atoms with E-state index < -0.39 is 17.9 Å². The first kappa shape index (κ1) is 22.9. The van der Waals surface area contributed by atoms with E-state index in [0.29, 0.717) is 5.69 Å². The predicted octanol–water partition coefficient (Wildman–Crippen LogP) is 3.64. The van der Waals surface area contributed by atoms with Crippen molar-refractivity contribution in [3.63, 3.8) is 0 Å². The van der Waals surface area contributed by atoms with Crippen molar-refractivity contribution < 1.29 is 14.4 Å². The van der Waals surface area contributed by atoms with Crippen molar-refractivity contribution in [2.24, 2.45) is 5.73 Å². The van der Waals surface area contributed by atoms with Gasteiger partial charge >= 0.3 is 0 Å². The van der Waals surface area contributed by atoms with Gasteiger partial charge in [-0.2, -0.15) is 4.37 Å². The molecule has 1 unspecified atom stereocenters. The molecule has 3 amide bonds. The number of nitrogens with one attached hydrogen (secondary N) is 1. The number of benzene rings is 1. The van der Waals surface area contributed by atoms with Gasteiger partial charge in [-0.05, 0) is 60.4 Å². The Hall–Kier alpha value is -3.24. The van der Waals surface area contributed by atoms with E-state index >= 15 is 0 Å². The van der Waals surface area contributed by atoms with Crippen molar-refractivity contribution in [2.45, 2.75) is 44.7 Å². The van der Waals surface area contributed by atoms with Gasteiger partial charge in [-0.15, -0.1) is 11.3 Å². The van der Waals surface area contributed by atoms with E-state index in [-0.39, 0.29) is 28.2 Å². The summed E-state index contributed by atoms with van der Waals surface area (Å²) in [4.78, 5) is 41.4. The van der Waals surface area contributed by atoms with Gasteiger partial charge in [-0.3, -0.25) is 19.3 Å². The molecule has 33 heavy (non-hydrogen) atoms. The topological polar surface area (TPSA) is 131 Å². The van der Waals surface area contributed by atoms with Gasteiger partial charge in [0.25, 0.3) is 11.8 Å². The zero-order valence-electron chi connectivity index (χ0n) is 18.1. The number of rotatable bonds is 7. The van der Waals surface area contributed by atoms with Crippen LogP contribution in [0.5, 0.6) is 0 Å². The van der Waals surface area contributed by atoms with Crippen LogP contribution in [0, 0.1) is 6.92 Å². The highest BCUT2D eigenvalue weighted by molar-refractivity contribution is 7.10. The molecule has 0 bridgehead atoms. The lowest BCUT2D eigenvalue weighted by molar-refractivity contribution is -0.123. The van der Waals surface area contributed by atoms with Gasteiger partial charge in [-0.25, -0.2) is 0 Å². The Morgan fingerprint density at radius 1 is 1.18 bits per heavy atom. The average Bonchev–Trinajstić information content (AvgIpc) is 3.53. The van der Waals surface area contributed by atoms with Crippen LogP contribution < -0.4 is 21.7 Å². The molecule has 1 aliphatic carbocycles. The first-order chi connectivity index (χ1) is 15.9. The minimum atomic E-state index is -0.904. The zero-order chi connectivity index (χ0) is 23.5. The summed E-state index contributed by atoms with van der Waals surface area (Å²) in [6.45, 7) is 1.91. The summed E-state index contributed by atoms with van der Waals surface area (Å²) in [5.41, 5.74) is 12.7. The molecule has 0 spiro atoms. The number of carbonyl (C=O) groups excluding carboxylic acids is 3. The summed E-state index contributed by atoms with van der Waals surface area (Å²) in [6.07, 6.45) is 3.99. The third-order valence-corrected chi connectivity index (χ3v) is 7.45. The molecule has 1 aliphatic rings. The molecule has 1 atom stereocenters. The van der Waals surface area contributed by atoms with Gasteiger partial charge in [0.2, 0.25) is 5.91 Å². The van der Waals surface area contributed by atoms with E-state index in [2.05, 4.69) is 9.69 Å². The highest BCUT2D eigenvalue weighted by atomic mass is 32.1. The van der Waals surface area contributed by atoms with E-state index in [9.17, 15) is 14.4 Å². The Morgan fingerprint density at radius 3 is 2.55 bits per heavy atom. The van der Waals surface area contributed by atoms with Gasteiger partial charge in [0.05, 0.1) is 5.69 Å². The Kier molecular flexibility index (Phi) is 6.75. The summed E-state index contributed by atoms with van der Waals surface area (Å²) >= 11 is 2.20. The highest BCUT2D eigenvalue weighted by Gasteiger charge is 2.37. The molecule has 172 valence electrons. The van der Waals surface area contributed by atoms with Crippen LogP contribution in [-0.4, -0.2) is 28.1 Å². The van der Waals surface area contributed by atoms with Crippen LogP contribution in [0.1, 0.15) is 62.3 Å². The summed E-state index contributed by atoms with van der Waals surface area (Å²) in [5.74, 6) is -1.57. The number of nitrogen functional groups attached to an aromatic ring is 1. The van der Waals surface area contributed by atoms with Gasteiger partial charge in [-0.1, -0.05) is 31.0 Å². The number of hydrogen-bond donors (Lipinski definition) is 3. The number of aromatic nitrogens is 1. The maximum absolute atomic E-state index is 13.9. The smallest absolute Gasteiger partial charge is 0.273 e. The fourth-order valence-corrected chi connectivity index (χ4v) is 5.63. The molecular weight excluding hydrogens is 458 g/mol. The molecule has 1 aromatic carbocycles. The Morgan fingerprint density at radius 2 is 1.94 bits per heavy atom. The number of aryl methyl sites for hydroxylation is 1. The molecule has 2 heterocycles. The molecule has 0 aliphatic heterocycles. The summed E-state index contributed by atoms with van der Waals surface area (Å²) in [7, 11) is 0. The second-order valence-electron chi connectivity index (χ2n) is 8.06. The molecule has 2 aromatic heterocycles. The molecule has 4 rings (SSSR count). The molecule has 1 fully saturated rings. The molecular formula is C23H25N5O3S2. The van der Waals surface area contributed by atoms with Crippen LogP contribution in [0.2, 0.25) is 0 Å². The normalized spacial score (nSPS) is 14.7. The number of nitrogens with zero attached hydrogens (tertiary/aromatic N) is 2. The Bertz CT molecular complexity index is 1170. The Balaban J connectivity index is 1.81. The van der Waals surface area contributed by atoms with Crippen LogP contribution in [0.15, 0.2) is 41.8 Å². The third-order valence-electron chi connectivity index (χ3n) is 5.68. The maximum Gasteiger partial charge on any atom is 0.273 e. The number of anilines is 2. The molecule has 10 heteroatoms. The summed E-state index contributed by atoms with van der Waals surface area (Å²) < 4.78 is 3.98. The first-order valence-corrected chi connectivity index (χ1v) is 12.3. The van der Waals surface area contributed by atoms with E-state index in [4.69, 9.17) is 11.5 Å². The quantitative estimate of drug-likeness (QED) is 0.472. The molecule has 5 N–H and O–H groups in total. The van der Waals surface area contributed by atoms with Crippen molar-refractivity contribution in [2.75, 3.05) is 10.6 Å². The predicted molar refractivity (Wildman–Crippen MR) is 130 cm³/mol. The van der Waals surface area contributed by atoms with Crippen LogP contribution in [-0.2, 0) is 4.79 Å². The average molecular weight is 484 g/mol. The van der Waals surface area contributed by atoms with Gasteiger partial charge < -0.3 is 16.8 Å². The second-order valence-corrected chi connectivity index (χ2v) is 9.81. The number of thiophene rings is 1. The fraction of sp³-hybridized carbons (Fsp3) is 0.304. The largest absolute Gasteiger partial charge is 0.395 e. The highest BCUT2D eigenvalue weighted by Crippen LogP contribution is 2.35. The molecule has 0 radical (unpaired) electrons. The SMILES string of the molecule is Cc1cccc(N(C(=O)c2snc(C(N)=O)c2N)C(C(=O)NC2CCCC2)c2cccs2)c1. The van der Waals surface area contributed by atoms with Crippen LogP contribution >= 0.6 is 22.9 Å². The standard InChI is InChI=1S/C23H25N5O3S2/c1-13-6-4-9-15(12-13)28(23(31)20-17(24)18(21(25)29)27-33-20)19(16-10-5-11-32-16)22(30)26-14-7-2-3-8-14/h4-6,9-12,14,19H,2-3,7-8,24H2,1H3,(H2,25,29)(H,26,30). The second kappa shape index (κ2) is 9.72. The van der Waals surface area contributed by atoms with Crippen LogP contribution in [0.25, 0.3) is 0 Å². The summed E-state index contributed by atoms with van der Waals surface area (Å²) in [6, 6.07) is 10.2. The van der Waals surface area contributed by atoms with Crippen molar-refractivity contribution in [1.29, 1.82) is 0 Å². The summed E-state index contributed by atoms with van der Waals surface area (Å²) in [5, 5.41) is 5.00. The van der Waals surface area contributed by atoms with Crippen molar-refractivity contribution in [1.82, 2.24) is 9.69 Å². The molecule has 8 nitrogen and oxygen atoms in total. The number of amides is 3. The monoisotopic (exact) mass is 483 g/mol. The number of carbonyl (C=O) groups is 3. The van der Waals surface area contributed by atoms with Crippen molar-refractivity contribution in [3.8, 4) is 0 Å². The lowest BCUT2D eigenvalue weighted by Crippen LogP contribution is -2.46. The van der Waals surface area contributed by atoms with E-state index in [1.54, 1.807) is 6.07 Å². The number of nitrogens with two attached hydrogens (primary N) is 2. The lowest BCUT2D eigenvalue weighted by atomic mass is 10.1. The van der Waals surface area contributed by atoms with Gasteiger partial charge in [0.1, 0.15) is 4.88 Å². The fourth-order valence-electron chi connectivity index (χ4n) is 4.07. The van der Waals surface area contributed by atoms with Crippen LogP contribution in [0.4, 0.5) is 11.4 Å². The zero-order valence-corrected chi connectivity index (χ0v) is 19.7. The molecule has 3 aromatic rings. The Labute approximate surface area is 199 Å². The number of primary amides is 1. The van der Waals surface area contributed by atoms with E-state index in [1.165, 1.54) is 16.2 Å². The van der Waals surface area contributed by atoms with Crippen molar-refractivity contribution in [3.05, 3.63) is 62.8 Å². The van der Waals surface area contributed by atoms with Gasteiger partial charge in [0.15, 0.2) is 11.7 Å². The minimum absolute atomic E-state index is 0.0699. The third kappa shape index (κ3) is 4.76. The first-order valence-electron chi connectivity index (χ1n) is 10.7. The van der Waals surface area contributed by atoms with E-state index in [1.807, 2.05) is 42.6 Å².